The molecule has 0 aliphatic rings. The number of fused-ring (bicyclic) bond motifs is 1. The first-order valence-corrected chi connectivity index (χ1v) is 6.57. The van der Waals surface area contributed by atoms with Gasteiger partial charge in [-0.2, -0.15) is 5.26 Å². The van der Waals surface area contributed by atoms with Gasteiger partial charge in [-0.05, 0) is 42.0 Å². The monoisotopic (exact) mass is 278 g/mol. The maximum absolute atomic E-state index is 8.96. The Balaban J connectivity index is 1.76. The van der Waals surface area contributed by atoms with Gasteiger partial charge in [-0.15, -0.1) is 0 Å². The molecule has 0 fully saturated rings. The average Bonchev–Trinajstić information content (AvgIpc) is 3.00. The first kappa shape index (κ1) is 13.1. The Morgan fingerprint density at radius 1 is 1.14 bits per heavy atom. The van der Waals surface area contributed by atoms with Crippen LogP contribution in [0.25, 0.3) is 10.9 Å². The van der Waals surface area contributed by atoms with E-state index in [-0.39, 0.29) is 0 Å². The van der Waals surface area contributed by atoms with E-state index in [2.05, 4.69) is 11.1 Å². The van der Waals surface area contributed by atoms with Gasteiger partial charge in [0.1, 0.15) is 24.2 Å². The van der Waals surface area contributed by atoms with Gasteiger partial charge in [0, 0.05) is 17.1 Å². The predicted molar refractivity (Wildman–Crippen MR) is 80.3 cm³/mol. The standard InChI is InChI=1S/C17H14N2O2/c1-20-17-8-12(2-3-14(17)10-18)11-21-15-4-5-16-13(9-15)6-7-19-16/h2-9,19H,11H2,1H3. The Labute approximate surface area is 122 Å². The number of aromatic amines is 1. The number of nitrogens with one attached hydrogen (secondary N) is 1. The summed E-state index contributed by atoms with van der Waals surface area (Å²) in [6, 6.07) is 15.5. The van der Waals surface area contributed by atoms with E-state index in [1.807, 2.05) is 42.6 Å². The van der Waals surface area contributed by atoms with Crippen LogP contribution in [0, 0.1) is 11.3 Å². The first-order chi connectivity index (χ1) is 10.3. The smallest absolute Gasteiger partial charge is 0.137 e. The molecular weight excluding hydrogens is 264 g/mol. The molecule has 4 nitrogen and oxygen atoms in total. The number of benzene rings is 2. The number of nitriles is 1. The lowest BCUT2D eigenvalue weighted by Gasteiger charge is -2.09. The maximum Gasteiger partial charge on any atom is 0.137 e. The van der Waals surface area contributed by atoms with E-state index in [4.69, 9.17) is 14.7 Å². The lowest BCUT2D eigenvalue weighted by atomic mass is 10.1. The molecule has 21 heavy (non-hydrogen) atoms. The number of H-pyrrole nitrogens is 1. The van der Waals surface area contributed by atoms with Crippen molar-refractivity contribution in [3.8, 4) is 17.6 Å². The highest BCUT2D eigenvalue weighted by Crippen LogP contribution is 2.23. The van der Waals surface area contributed by atoms with E-state index in [0.29, 0.717) is 17.9 Å². The Morgan fingerprint density at radius 3 is 2.86 bits per heavy atom. The number of hydrogen-bond donors (Lipinski definition) is 1. The molecule has 0 unspecified atom stereocenters. The summed E-state index contributed by atoms with van der Waals surface area (Å²) in [7, 11) is 1.56. The second-order valence-corrected chi connectivity index (χ2v) is 4.66. The Hall–Kier alpha value is -2.93. The molecule has 4 heteroatoms. The Bertz CT molecular complexity index is 815. The molecule has 0 aliphatic carbocycles. The van der Waals surface area contributed by atoms with Crippen LogP contribution in [0.5, 0.6) is 11.5 Å². The van der Waals surface area contributed by atoms with Crippen LogP contribution in [0.15, 0.2) is 48.7 Å². The minimum absolute atomic E-state index is 0.429. The van der Waals surface area contributed by atoms with Crippen LogP contribution in [0.4, 0.5) is 0 Å². The highest BCUT2D eigenvalue weighted by Gasteiger charge is 2.05. The zero-order valence-corrected chi connectivity index (χ0v) is 11.6. The third kappa shape index (κ3) is 2.67. The second kappa shape index (κ2) is 5.59. The summed E-state index contributed by atoms with van der Waals surface area (Å²) in [6.45, 7) is 0.429. The fourth-order valence-electron chi connectivity index (χ4n) is 2.21. The molecule has 1 aromatic heterocycles. The third-order valence-electron chi connectivity index (χ3n) is 3.32. The topological polar surface area (TPSA) is 58.0 Å². The zero-order chi connectivity index (χ0) is 14.7. The van der Waals surface area contributed by atoms with Crippen LogP contribution >= 0.6 is 0 Å². The summed E-state index contributed by atoms with van der Waals surface area (Å²) in [5, 5.41) is 10.1. The van der Waals surface area contributed by atoms with Crippen molar-refractivity contribution in [2.24, 2.45) is 0 Å². The quantitative estimate of drug-likeness (QED) is 0.792. The van der Waals surface area contributed by atoms with E-state index in [1.165, 1.54) is 0 Å². The highest BCUT2D eigenvalue weighted by atomic mass is 16.5. The molecule has 3 aromatic rings. The van der Waals surface area contributed by atoms with E-state index in [0.717, 1.165) is 22.2 Å². The van der Waals surface area contributed by atoms with Crippen molar-refractivity contribution < 1.29 is 9.47 Å². The van der Waals surface area contributed by atoms with Crippen molar-refractivity contribution in [2.75, 3.05) is 7.11 Å². The van der Waals surface area contributed by atoms with Crippen LogP contribution in [0.2, 0.25) is 0 Å². The van der Waals surface area contributed by atoms with E-state index < -0.39 is 0 Å². The number of aromatic nitrogens is 1. The molecule has 0 saturated heterocycles. The highest BCUT2D eigenvalue weighted by molar-refractivity contribution is 5.80. The summed E-state index contributed by atoms with van der Waals surface area (Å²) in [5.41, 5.74) is 2.57. The molecule has 0 radical (unpaired) electrons. The second-order valence-electron chi connectivity index (χ2n) is 4.66. The van der Waals surface area contributed by atoms with Crippen molar-refractivity contribution in [1.82, 2.24) is 4.98 Å². The minimum atomic E-state index is 0.429. The normalized spacial score (nSPS) is 10.3. The van der Waals surface area contributed by atoms with Gasteiger partial charge >= 0.3 is 0 Å². The fraction of sp³-hybridized carbons (Fsp3) is 0.118. The van der Waals surface area contributed by atoms with Crippen molar-refractivity contribution in [3.05, 3.63) is 59.8 Å². The van der Waals surface area contributed by atoms with Crippen LogP contribution < -0.4 is 9.47 Å². The Morgan fingerprint density at radius 2 is 2.05 bits per heavy atom. The van der Waals surface area contributed by atoms with Crippen LogP contribution in [-0.2, 0) is 6.61 Å². The number of rotatable bonds is 4. The van der Waals surface area contributed by atoms with Gasteiger partial charge in [-0.3, -0.25) is 0 Å². The van der Waals surface area contributed by atoms with Gasteiger partial charge in [0.05, 0.1) is 12.7 Å². The lowest BCUT2D eigenvalue weighted by Crippen LogP contribution is -1.97. The molecule has 0 atom stereocenters. The average molecular weight is 278 g/mol. The van der Waals surface area contributed by atoms with Gasteiger partial charge in [0.2, 0.25) is 0 Å². The molecule has 104 valence electrons. The summed E-state index contributed by atoms with van der Waals surface area (Å²) in [4.78, 5) is 3.15. The molecule has 0 amide bonds. The lowest BCUT2D eigenvalue weighted by molar-refractivity contribution is 0.305. The number of hydrogen-bond acceptors (Lipinski definition) is 3. The zero-order valence-electron chi connectivity index (χ0n) is 11.6. The van der Waals surface area contributed by atoms with Gasteiger partial charge in [-0.25, -0.2) is 0 Å². The van der Waals surface area contributed by atoms with Crippen molar-refractivity contribution >= 4 is 10.9 Å². The van der Waals surface area contributed by atoms with E-state index in [1.54, 1.807) is 13.2 Å². The molecule has 1 N–H and O–H groups in total. The number of methoxy groups -OCH3 is 1. The molecule has 1 heterocycles. The molecular formula is C17H14N2O2. The molecule has 0 spiro atoms. The van der Waals surface area contributed by atoms with Crippen molar-refractivity contribution in [1.29, 1.82) is 5.26 Å². The predicted octanol–water partition coefficient (Wildman–Crippen LogP) is 3.63. The molecule has 0 bridgehead atoms. The minimum Gasteiger partial charge on any atom is -0.495 e. The van der Waals surface area contributed by atoms with Gasteiger partial charge < -0.3 is 14.5 Å². The summed E-state index contributed by atoms with van der Waals surface area (Å²) in [6.07, 6.45) is 1.90. The van der Waals surface area contributed by atoms with Crippen LogP contribution in [0.3, 0.4) is 0 Å². The fourth-order valence-corrected chi connectivity index (χ4v) is 2.21. The van der Waals surface area contributed by atoms with E-state index >= 15 is 0 Å². The van der Waals surface area contributed by atoms with Gasteiger partial charge in [-0.1, -0.05) is 6.07 Å². The maximum atomic E-state index is 8.96. The Kier molecular flexibility index (Phi) is 3.48. The van der Waals surface area contributed by atoms with Gasteiger partial charge in [0.25, 0.3) is 0 Å². The molecule has 3 rings (SSSR count). The molecule has 0 saturated carbocycles. The summed E-state index contributed by atoms with van der Waals surface area (Å²) >= 11 is 0. The van der Waals surface area contributed by atoms with Crippen LogP contribution in [-0.4, -0.2) is 12.1 Å². The summed E-state index contributed by atoms with van der Waals surface area (Å²) in [5.74, 6) is 1.38. The SMILES string of the molecule is COc1cc(COc2ccc3[nH]ccc3c2)ccc1C#N. The largest absolute Gasteiger partial charge is 0.495 e. The van der Waals surface area contributed by atoms with Crippen molar-refractivity contribution in [3.63, 3.8) is 0 Å². The molecule has 2 aromatic carbocycles. The summed E-state index contributed by atoms with van der Waals surface area (Å²) < 4.78 is 11.0. The van der Waals surface area contributed by atoms with Crippen molar-refractivity contribution in [2.45, 2.75) is 6.61 Å². The number of nitrogens with zero attached hydrogens (tertiary/aromatic N) is 1. The third-order valence-corrected chi connectivity index (χ3v) is 3.32. The van der Waals surface area contributed by atoms with E-state index in [9.17, 15) is 0 Å². The van der Waals surface area contributed by atoms with Gasteiger partial charge in [0.15, 0.2) is 0 Å². The number of ether oxygens (including phenoxy) is 2. The first-order valence-electron chi connectivity index (χ1n) is 6.57. The van der Waals surface area contributed by atoms with Crippen LogP contribution in [0.1, 0.15) is 11.1 Å². The molecule has 0 aliphatic heterocycles.